The Kier molecular flexibility index (Phi) is 4.14. The van der Waals surface area contributed by atoms with Gasteiger partial charge in [-0.2, -0.15) is 0 Å². The number of carbonyl (C=O) groups is 2. The van der Waals surface area contributed by atoms with Crippen molar-refractivity contribution in [2.45, 2.75) is 31.3 Å². The highest BCUT2D eigenvalue weighted by Gasteiger charge is 2.77. The Morgan fingerprint density at radius 2 is 1.77 bits per heavy atom. The molecule has 0 spiro atoms. The molecule has 0 N–H and O–H groups in total. The van der Waals surface area contributed by atoms with E-state index in [0.717, 1.165) is 0 Å². The summed E-state index contributed by atoms with van der Waals surface area (Å²) in [6, 6.07) is 5.99. The minimum Gasteiger partial charge on any atom is -0.300 e. The van der Waals surface area contributed by atoms with Crippen molar-refractivity contribution in [2.24, 2.45) is 5.92 Å². The average molecular weight is 361 g/mol. The largest absolute Gasteiger partial charge is 0.306 e. The molecule has 1 aliphatic heterocycles. The summed E-state index contributed by atoms with van der Waals surface area (Å²) in [6.07, 6.45) is -0.389. The van der Waals surface area contributed by atoms with E-state index in [4.69, 9.17) is 0 Å². The Bertz CT molecular complexity index is 824. The molecule has 9 heteroatoms. The fraction of sp³-hybridized carbons (Fsp3) is 0.529. The molecule has 3 atom stereocenters. The van der Waals surface area contributed by atoms with E-state index in [0.29, 0.717) is 6.54 Å². The fourth-order valence-electron chi connectivity index (χ4n) is 4.55. The molecule has 1 heterocycles. The Balaban J connectivity index is 2.43. The Morgan fingerprint density at radius 1 is 1.19 bits per heavy atom. The predicted molar refractivity (Wildman–Crippen MR) is 90.1 cm³/mol. The van der Waals surface area contributed by atoms with Gasteiger partial charge in [0, 0.05) is 27.4 Å². The van der Waals surface area contributed by atoms with E-state index in [1.807, 2.05) is 0 Å². The van der Waals surface area contributed by atoms with E-state index >= 15 is 0 Å². The zero-order valence-corrected chi connectivity index (χ0v) is 14.5. The molecule has 1 aromatic carbocycles. The number of fused-ring (bicyclic) bond motifs is 4. The Morgan fingerprint density at radius 3 is 2.31 bits per heavy atom. The van der Waals surface area contributed by atoms with Crippen LogP contribution in [-0.2, 0) is 10.3 Å². The van der Waals surface area contributed by atoms with Gasteiger partial charge in [-0.05, 0) is 13.5 Å². The maximum Gasteiger partial charge on any atom is 0.306 e. The third-order valence-corrected chi connectivity index (χ3v) is 5.70. The monoisotopic (exact) mass is 361 g/mol. The van der Waals surface area contributed by atoms with Crippen LogP contribution in [0.25, 0.3) is 0 Å². The Labute approximate surface area is 149 Å². The lowest BCUT2D eigenvalue weighted by atomic mass is 9.56. The molecular formula is C17H19N3O6. The molecule has 26 heavy (non-hydrogen) atoms. The highest BCUT2D eigenvalue weighted by Crippen LogP contribution is 2.53. The summed E-state index contributed by atoms with van der Waals surface area (Å²) in [5, 5.41) is 24.5. The molecule has 0 amide bonds. The number of piperidine rings is 1. The topological polar surface area (TPSA) is 124 Å². The van der Waals surface area contributed by atoms with E-state index in [2.05, 4.69) is 0 Å². The van der Waals surface area contributed by atoms with Gasteiger partial charge < -0.3 is 4.79 Å². The maximum absolute atomic E-state index is 13.2. The number of nitrogens with zero attached hydrogens (tertiary/aromatic N) is 3. The molecule has 0 unspecified atom stereocenters. The van der Waals surface area contributed by atoms with Crippen LogP contribution in [-0.4, -0.2) is 51.5 Å². The second-order valence-corrected chi connectivity index (χ2v) is 7.00. The number of hydrogen-bond acceptors (Lipinski definition) is 7. The standard InChI is InChI=1S/C17H19N3O6/c1-3-18-9-16(19(23)24)13-7-5-4-6-12(13)15(22)17(10-18,20(25)26)14(16)8-11(2)21/h4-7,14H,3,8-10H2,1-2H3/t14-,16-,17-/m1/s1. The van der Waals surface area contributed by atoms with Gasteiger partial charge in [0.25, 0.3) is 5.54 Å². The molecule has 2 bridgehead atoms. The van der Waals surface area contributed by atoms with Crippen molar-refractivity contribution in [3.05, 3.63) is 55.6 Å². The molecule has 3 rings (SSSR count). The molecule has 1 aliphatic carbocycles. The highest BCUT2D eigenvalue weighted by atomic mass is 16.6. The molecule has 9 nitrogen and oxygen atoms in total. The molecule has 0 aromatic heterocycles. The molecule has 138 valence electrons. The van der Waals surface area contributed by atoms with E-state index in [1.165, 1.54) is 25.1 Å². The van der Waals surface area contributed by atoms with Crippen molar-refractivity contribution in [3.63, 3.8) is 0 Å². The van der Waals surface area contributed by atoms with Crippen LogP contribution in [0, 0.1) is 26.1 Å². The van der Waals surface area contributed by atoms with Crippen LogP contribution in [0.5, 0.6) is 0 Å². The van der Waals surface area contributed by atoms with Crippen LogP contribution in [0.2, 0.25) is 0 Å². The number of ketones is 2. The normalized spacial score (nSPS) is 30.5. The summed E-state index contributed by atoms with van der Waals surface area (Å²) in [5.41, 5.74) is -3.91. The number of likely N-dealkylation sites (N-methyl/N-ethyl adjacent to an activating group) is 1. The van der Waals surface area contributed by atoms with E-state index in [-0.39, 0.29) is 30.6 Å². The first-order valence-electron chi connectivity index (χ1n) is 8.37. The minimum atomic E-state index is -2.21. The van der Waals surface area contributed by atoms with Crippen LogP contribution >= 0.6 is 0 Å². The van der Waals surface area contributed by atoms with Gasteiger partial charge >= 0.3 is 5.54 Å². The number of benzene rings is 1. The second-order valence-electron chi connectivity index (χ2n) is 7.00. The van der Waals surface area contributed by atoms with Crippen LogP contribution in [0.1, 0.15) is 36.2 Å². The zero-order valence-electron chi connectivity index (χ0n) is 14.5. The smallest absolute Gasteiger partial charge is 0.300 e. The lowest BCUT2D eigenvalue weighted by molar-refractivity contribution is -0.640. The van der Waals surface area contributed by atoms with Crippen molar-refractivity contribution >= 4 is 11.6 Å². The average Bonchev–Trinajstić information content (AvgIpc) is 2.59. The first-order chi connectivity index (χ1) is 12.2. The van der Waals surface area contributed by atoms with Crippen LogP contribution in [0.4, 0.5) is 0 Å². The number of rotatable bonds is 5. The quantitative estimate of drug-likeness (QED) is 0.572. The van der Waals surface area contributed by atoms with Gasteiger partial charge in [0.15, 0.2) is 0 Å². The third-order valence-electron chi connectivity index (χ3n) is 5.70. The molecule has 2 aliphatic rings. The molecule has 1 fully saturated rings. The summed E-state index contributed by atoms with van der Waals surface area (Å²) in [5.74, 6) is -2.49. The summed E-state index contributed by atoms with van der Waals surface area (Å²) < 4.78 is 0. The van der Waals surface area contributed by atoms with Crippen molar-refractivity contribution in [3.8, 4) is 0 Å². The summed E-state index contributed by atoms with van der Waals surface area (Å²) in [6.45, 7) is 2.98. The number of Topliss-reactive ketones (excluding diaryl/α,β-unsaturated/α-hetero) is 2. The molecule has 0 radical (unpaired) electrons. The number of nitro groups is 2. The van der Waals surface area contributed by atoms with Crippen molar-refractivity contribution in [2.75, 3.05) is 19.6 Å². The van der Waals surface area contributed by atoms with E-state index in [9.17, 15) is 29.8 Å². The number of likely N-dealkylation sites (tertiary alicyclic amines) is 1. The first kappa shape index (κ1) is 18.1. The molecule has 0 saturated carbocycles. The summed E-state index contributed by atoms with van der Waals surface area (Å²) >= 11 is 0. The second kappa shape index (κ2) is 5.94. The highest BCUT2D eigenvalue weighted by molar-refractivity contribution is 6.06. The lowest BCUT2D eigenvalue weighted by Gasteiger charge is -2.50. The summed E-state index contributed by atoms with van der Waals surface area (Å²) in [4.78, 5) is 49.9. The van der Waals surface area contributed by atoms with Crippen molar-refractivity contribution < 1.29 is 19.4 Å². The van der Waals surface area contributed by atoms with E-state index < -0.39 is 38.4 Å². The predicted octanol–water partition coefficient (Wildman–Crippen LogP) is 1.30. The molecular weight excluding hydrogens is 342 g/mol. The van der Waals surface area contributed by atoms with Gasteiger partial charge in [0.05, 0.1) is 13.1 Å². The minimum absolute atomic E-state index is 0.0106. The van der Waals surface area contributed by atoms with Gasteiger partial charge in [-0.1, -0.05) is 31.2 Å². The van der Waals surface area contributed by atoms with Gasteiger partial charge in [0.2, 0.25) is 5.78 Å². The van der Waals surface area contributed by atoms with Crippen LogP contribution in [0.3, 0.4) is 0 Å². The molecule has 1 saturated heterocycles. The van der Waals surface area contributed by atoms with Crippen LogP contribution < -0.4 is 0 Å². The number of carbonyl (C=O) groups excluding carboxylic acids is 2. The van der Waals surface area contributed by atoms with Crippen molar-refractivity contribution in [1.29, 1.82) is 0 Å². The summed E-state index contributed by atoms with van der Waals surface area (Å²) in [7, 11) is 0. The van der Waals surface area contributed by atoms with Crippen LogP contribution in [0.15, 0.2) is 24.3 Å². The first-order valence-corrected chi connectivity index (χ1v) is 8.37. The number of hydrogen-bond donors (Lipinski definition) is 0. The molecule has 1 aromatic rings. The van der Waals surface area contributed by atoms with Gasteiger partial charge in [-0.15, -0.1) is 0 Å². The van der Waals surface area contributed by atoms with Crippen molar-refractivity contribution in [1.82, 2.24) is 4.90 Å². The fourth-order valence-corrected chi connectivity index (χ4v) is 4.55. The maximum atomic E-state index is 13.2. The van der Waals surface area contributed by atoms with Gasteiger partial charge in [-0.25, -0.2) is 0 Å². The lowest BCUT2D eigenvalue weighted by Crippen LogP contribution is -2.75. The van der Waals surface area contributed by atoms with Gasteiger partial charge in [-0.3, -0.25) is 29.9 Å². The third kappa shape index (κ3) is 2.13. The Hall–Kier alpha value is -2.68. The zero-order chi connectivity index (χ0) is 19.3. The van der Waals surface area contributed by atoms with E-state index in [1.54, 1.807) is 17.9 Å². The SMILES string of the molecule is CCN1C[C@]2([N+](=O)[O-])C(=O)c3ccccc3[C@]([N+](=O)[O-])(C1)[C@H]2CC(C)=O. The van der Waals surface area contributed by atoms with Gasteiger partial charge in [0.1, 0.15) is 11.7 Å².